The van der Waals surface area contributed by atoms with Gasteiger partial charge in [-0.05, 0) is 30.9 Å². The average Bonchev–Trinajstić information content (AvgIpc) is 3.14. The second-order valence-corrected chi connectivity index (χ2v) is 8.22. The number of halogens is 1. The largest absolute Gasteiger partial charge is 0.379 e. The molecule has 3 rings (SSSR count). The molecule has 1 fully saturated rings. The summed E-state index contributed by atoms with van der Waals surface area (Å²) in [7, 11) is 1.83. The van der Waals surface area contributed by atoms with Crippen molar-refractivity contribution in [2.24, 2.45) is 10.9 Å². The summed E-state index contributed by atoms with van der Waals surface area (Å²) in [4.78, 5) is 11.7. The van der Waals surface area contributed by atoms with Crippen LogP contribution in [0.25, 0.3) is 5.65 Å². The van der Waals surface area contributed by atoms with Gasteiger partial charge in [-0.3, -0.25) is 9.89 Å². The normalized spacial score (nSPS) is 16.5. The zero-order chi connectivity index (χ0) is 20.6. The van der Waals surface area contributed by atoms with Crippen LogP contribution in [0.2, 0.25) is 0 Å². The second kappa shape index (κ2) is 12.5. The monoisotopic (exact) mass is 528 g/mol. The van der Waals surface area contributed by atoms with E-state index in [9.17, 15) is 0 Å². The van der Waals surface area contributed by atoms with Gasteiger partial charge in [-0.2, -0.15) is 0 Å². The van der Waals surface area contributed by atoms with Crippen LogP contribution in [0.1, 0.15) is 31.5 Å². The maximum Gasteiger partial charge on any atom is 0.191 e. The lowest BCUT2D eigenvalue weighted by molar-refractivity contribution is 0.0132. The number of hydrogen-bond donors (Lipinski definition) is 2. The molecule has 0 aromatic carbocycles. The van der Waals surface area contributed by atoms with E-state index in [0.717, 1.165) is 63.1 Å². The SMILES string of the molecule is CN=C(NCCc1cn2cccc(C)c2n1)NCC(CC(C)C)N1CCOCC1.I. The molecule has 0 bridgehead atoms. The van der Waals surface area contributed by atoms with Gasteiger partial charge in [0.1, 0.15) is 5.65 Å². The molecule has 1 atom stereocenters. The number of aromatic nitrogens is 2. The minimum atomic E-state index is 0. The molecule has 0 radical (unpaired) electrons. The molecule has 30 heavy (non-hydrogen) atoms. The maximum atomic E-state index is 5.52. The van der Waals surface area contributed by atoms with Crippen molar-refractivity contribution in [3.05, 3.63) is 35.8 Å². The Morgan fingerprint density at radius 1 is 1.27 bits per heavy atom. The summed E-state index contributed by atoms with van der Waals surface area (Å²) in [6.07, 6.45) is 6.19. The molecule has 8 heteroatoms. The van der Waals surface area contributed by atoms with Crippen molar-refractivity contribution < 1.29 is 4.74 Å². The number of aliphatic imine (C=N–C) groups is 1. The summed E-state index contributed by atoms with van der Waals surface area (Å²) in [6, 6.07) is 4.65. The predicted octanol–water partition coefficient (Wildman–Crippen LogP) is 2.72. The van der Waals surface area contributed by atoms with Crippen molar-refractivity contribution in [3.8, 4) is 0 Å². The number of fused-ring (bicyclic) bond motifs is 1. The Kier molecular flexibility index (Phi) is 10.3. The highest BCUT2D eigenvalue weighted by atomic mass is 127. The molecule has 0 amide bonds. The fraction of sp³-hybridized carbons (Fsp3) is 0.636. The number of ether oxygens (including phenoxy) is 1. The van der Waals surface area contributed by atoms with E-state index in [4.69, 9.17) is 9.72 Å². The Morgan fingerprint density at radius 2 is 2.03 bits per heavy atom. The highest BCUT2D eigenvalue weighted by Crippen LogP contribution is 2.13. The van der Waals surface area contributed by atoms with Crippen molar-refractivity contribution >= 4 is 35.6 Å². The molecule has 168 valence electrons. The molecule has 0 saturated carbocycles. The Bertz CT molecular complexity index is 800. The summed E-state index contributed by atoms with van der Waals surface area (Å²) in [5.74, 6) is 1.52. The van der Waals surface area contributed by atoms with Gasteiger partial charge >= 0.3 is 0 Å². The summed E-state index contributed by atoms with van der Waals surface area (Å²) in [5.41, 5.74) is 3.32. The van der Waals surface area contributed by atoms with E-state index >= 15 is 0 Å². The molecule has 2 N–H and O–H groups in total. The minimum Gasteiger partial charge on any atom is -0.379 e. The van der Waals surface area contributed by atoms with Crippen LogP contribution < -0.4 is 10.6 Å². The smallest absolute Gasteiger partial charge is 0.191 e. The van der Waals surface area contributed by atoms with Gasteiger partial charge in [0, 0.05) is 58.1 Å². The van der Waals surface area contributed by atoms with E-state index in [-0.39, 0.29) is 24.0 Å². The van der Waals surface area contributed by atoms with Gasteiger partial charge in [-0.1, -0.05) is 19.9 Å². The lowest BCUT2D eigenvalue weighted by atomic mass is 10.0. The van der Waals surface area contributed by atoms with Crippen molar-refractivity contribution in [1.82, 2.24) is 24.9 Å². The van der Waals surface area contributed by atoms with Crippen LogP contribution in [-0.2, 0) is 11.2 Å². The van der Waals surface area contributed by atoms with Crippen LogP contribution in [0.15, 0.2) is 29.5 Å². The van der Waals surface area contributed by atoms with E-state index in [1.54, 1.807) is 0 Å². The summed E-state index contributed by atoms with van der Waals surface area (Å²) >= 11 is 0. The molecule has 7 nitrogen and oxygen atoms in total. The molecule has 1 aliphatic rings. The third-order valence-electron chi connectivity index (χ3n) is 5.44. The summed E-state index contributed by atoms with van der Waals surface area (Å²) in [5, 5.41) is 6.96. The van der Waals surface area contributed by atoms with E-state index in [1.165, 1.54) is 12.0 Å². The third-order valence-corrected chi connectivity index (χ3v) is 5.44. The molecule has 2 aromatic heterocycles. The van der Waals surface area contributed by atoms with E-state index in [1.807, 2.05) is 13.2 Å². The Morgan fingerprint density at radius 3 is 2.70 bits per heavy atom. The van der Waals surface area contributed by atoms with Crippen molar-refractivity contribution in [3.63, 3.8) is 0 Å². The Hall–Kier alpha value is -1.39. The first kappa shape index (κ1) is 24.9. The van der Waals surface area contributed by atoms with E-state index in [0.29, 0.717) is 12.0 Å². The topological polar surface area (TPSA) is 66.2 Å². The fourth-order valence-corrected chi connectivity index (χ4v) is 3.92. The van der Waals surface area contributed by atoms with E-state index in [2.05, 4.69) is 64.0 Å². The van der Waals surface area contributed by atoms with Gasteiger partial charge in [0.25, 0.3) is 0 Å². The third kappa shape index (κ3) is 7.09. The van der Waals surface area contributed by atoms with Gasteiger partial charge in [0.2, 0.25) is 0 Å². The highest BCUT2D eigenvalue weighted by Gasteiger charge is 2.22. The van der Waals surface area contributed by atoms with Gasteiger partial charge in [-0.15, -0.1) is 24.0 Å². The van der Waals surface area contributed by atoms with Crippen LogP contribution in [-0.4, -0.2) is 72.7 Å². The number of hydrogen-bond acceptors (Lipinski definition) is 4. The summed E-state index contributed by atoms with van der Waals surface area (Å²) in [6.45, 7) is 12.1. The van der Waals surface area contributed by atoms with Crippen LogP contribution >= 0.6 is 24.0 Å². The first-order valence-corrected chi connectivity index (χ1v) is 10.8. The number of nitrogens with zero attached hydrogens (tertiary/aromatic N) is 4. The van der Waals surface area contributed by atoms with Gasteiger partial charge in [0.05, 0.1) is 18.9 Å². The molecule has 1 unspecified atom stereocenters. The molecular weight excluding hydrogens is 491 g/mol. The zero-order valence-corrected chi connectivity index (χ0v) is 21.1. The van der Waals surface area contributed by atoms with Crippen molar-refractivity contribution in [2.45, 2.75) is 39.7 Å². The molecule has 0 aliphatic carbocycles. The van der Waals surface area contributed by atoms with E-state index < -0.39 is 0 Å². The number of aryl methyl sites for hydroxylation is 1. The number of nitrogens with one attached hydrogen (secondary N) is 2. The second-order valence-electron chi connectivity index (χ2n) is 8.22. The van der Waals surface area contributed by atoms with Crippen LogP contribution in [0.4, 0.5) is 0 Å². The molecule has 2 aromatic rings. The molecule has 1 aliphatic heterocycles. The fourth-order valence-electron chi connectivity index (χ4n) is 3.92. The van der Waals surface area contributed by atoms with Crippen LogP contribution in [0, 0.1) is 12.8 Å². The lowest BCUT2D eigenvalue weighted by Crippen LogP contribution is -2.51. The average molecular weight is 528 g/mol. The van der Waals surface area contributed by atoms with Crippen molar-refractivity contribution in [2.75, 3.05) is 46.4 Å². The first-order valence-electron chi connectivity index (χ1n) is 10.8. The predicted molar refractivity (Wildman–Crippen MR) is 134 cm³/mol. The molecule has 0 spiro atoms. The standard InChI is InChI=1S/C22H36N6O.HI/c1-17(2)14-20(27-10-12-29-13-11-27)15-25-22(23-4)24-8-7-19-16-28-9-5-6-18(3)21(28)26-19;/h5-6,9,16-17,20H,7-8,10-15H2,1-4H3,(H2,23,24,25);1H. The maximum absolute atomic E-state index is 5.52. The highest BCUT2D eigenvalue weighted by molar-refractivity contribution is 14.0. The van der Waals surface area contributed by atoms with Gasteiger partial charge < -0.3 is 19.8 Å². The Balaban J connectivity index is 0.00000320. The molecular formula is C22H37IN6O. The number of pyridine rings is 1. The molecule has 3 heterocycles. The van der Waals surface area contributed by atoms with Crippen LogP contribution in [0.5, 0.6) is 0 Å². The van der Waals surface area contributed by atoms with Crippen LogP contribution in [0.3, 0.4) is 0 Å². The molecule has 1 saturated heterocycles. The number of morpholine rings is 1. The number of rotatable bonds is 8. The van der Waals surface area contributed by atoms with Crippen molar-refractivity contribution in [1.29, 1.82) is 0 Å². The quantitative estimate of drug-likeness (QED) is 0.314. The van der Waals surface area contributed by atoms with Gasteiger partial charge in [0.15, 0.2) is 5.96 Å². The van der Waals surface area contributed by atoms with Gasteiger partial charge in [-0.25, -0.2) is 4.98 Å². The number of imidazole rings is 1. The Labute approximate surface area is 197 Å². The minimum absolute atomic E-state index is 0. The lowest BCUT2D eigenvalue weighted by Gasteiger charge is -2.35. The first-order chi connectivity index (χ1) is 14.1. The number of guanidine groups is 1. The zero-order valence-electron chi connectivity index (χ0n) is 18.7. The summed E-state index contributed by atoms with van der Waals surface area (Å²) < 4.78 is 7.61.